The summed E-state index contributed by atoms with van der Waals surface area (Å²) in [5.74, 6) is 2.08. The Kier molecular flexibility index (Phi) is 6.90. The summed E-state index contributed by atoms with van der Waals surface area (Å²) in [6, 6.07) is 1.94. The molecule has 2 atom stereocenters. The number of hydrogen-bond acceptors (Lipinski definition) is 7. The van der Waals surface area contributed by atoms with Crippen LogP contribution in [-0.2, 0) is 11.3 Å². The quantitative estimate of drug-likeness (QED) is 0.662. The van der Waals surface area contributed by atoms with E-state index >= 15 is 0 Å². The standard InChI is InChI=1S/C12H22N4O2S/c1-8(9(6-17)19-4)14-11-5-10(13-2)15-12(16-11)7-18-3/h5,8-9,17H,6-7H2,1-4H3,(H2,13,14,15,16). The number of aliphatic hydroxyl groups excluding tert-OH is 1. The van der Waals surface area contributed by atoms with Crippen LogP contribution in [0.2, 0.25) is 0 Å². The molecule has 1 aromatic rings. The predicted molar refractivity (Wildman–Crippen MR) is 79.8 cm³/mol. The number of rotatable bonds is 8. The molecule has 0 radical (unpaired) electrons. The van der Waals surface area contributed by atoms with E-state index in [0.717, 1.165) is 11.6 Å². The highest BCUT2D eigenvalue weighted by Crippen LogP contribution is 2.17. The highest BCUT2D eigenvalue weighted by atomic mass is 32.2. The molecule has 0 aliphatic rings. The van der Waals surface area contributed by atoms with Gasteiger partial charge in [-0.1, -0.05) is 0 Å². The summed E-state index contributed by atoms with van der Waals surface area (Å²) in [4.78, 5) is 8.68. The van der Waals surface area contributed by atoms with Crippen LogP contribution in [0.4, 0.5) is 11.6 Å². The second-order valence-electron chi connectivity index (χ2n) is 4.13. The number of aliphatic hydroxyl groups is 1. The number of anilines is 2. The van der Waals surface area contributed by atoms with Crippen LogP contribution in [0, 0.1) is 0 Å². The molecule has 6 nitrogen and oxygen atoms in total. The fourth-order valence-electron chi connectivity index (χ4n) is 1.66. The molecule has 2 unspecified atom stereocenters. The highest BCUT2D eigenvalue weighted by Gasteiger charge is 2.16. The molecule has 1 heterocycles. The number of methoxy groups -OCH3 is 1. The fraction of sp³-hybridized carbons (Fsp3) is 0.667. The van der Waals surface area contributed by atoms with Gasteiger partial charge in [0.25, 0.3) is 0 Å². The van der Waals surface area contributed by atoms with Crippen LogP contribution in [-0.4, -0.2) is 53.4 Å². The van der Waals surface area contributed by atoms with E-state index in [4.69, 9.17) is 4.74 Å². The first-order chi connectivity index (χ1) is 9.14. The predicted octanol–water partition coefficient (Wildman–Crippen LogP) is 1.19. The maximum atomic E-state index is 9.29. The summed E-state index contributed by atoms with van der Waals surface area (Å²) >= 11 is 1.63. The number of hydrogen-bond donors (Lipinski definition) is 3. The number of aromatic nitrogens is 2. The van der Waals surface area contributed by atoms with E-state index in [1.165, 1.54) is 0 Å². The monoisotopic (exact) mass is 286 g/mol. The zero-order chi connectivity index (χ0) is 14.3. The Hall–Kier alpha value is -1.05. The van der Waals surface area contributed by atoms with Crippen molar-refractivity contribution in [3.8, 4) is 0 Å². The first-order valence-electron chi connectivity index (χ1n) is 6.09. The van der Waals surface area contributed by atoms with Gasteiger partial charge in [-0.2, -0.15) is 11.8 Å². The Morgan fingerprint density at radius 2 is 2.11 bits per heavy atom. The molecule has 108 valence electrons. The molecule has 3 N–H and O–H groups in total. The van der Waals surface area contributed by atoms with E-state index in [1.54, 1.807) is 18.9 Å². The van der Waals surface area contributed by atoms with Crippen LogP contribution in [0.3, 0.4) is 0 Å². The minimum atomic E-state index is 0.106. The Morgan fingerprint density at radius 1 is 1.42 bits per heavy atom. The first kappa shape index (κ1) is 16.0. The molecule has 1 aromatic heterocycles. The van der Waals surface area contributed by atoms with Crippen LogP contribution in [0.25, 0.3) is 0 Å². The Balaban J connectivity index is 2.84. The van der Waals surface area contributed by atoms with Crippen LogP contribution in [0.15, 0.2) is 6.07 Å². The van der Waals surface area contributed by atoms with Gasteiger partial charge in [-0.25, -0.2) is 9.97 Å². The molecule has 7 heteroatoms. The van der Waals surface area contributed by atoms with Crippen molar-refractivity contribution in [3.63, 3.8) is 0 Å². The minimum absolute atomic E-state index is 0.106. The van der Waals surface area contributed by atoms with Gasteiger partial charge < -0.3 is 20.5 Å². The van der Waals surface area contributed by atoms with Crippen LogP contribution in [0.5, 0.6) is 0 Å². The van der Waals surface area contributed by atoms with Crippen molar-refractivity contribution in [2.75, 3.05) is 37.7 Å². The maximum Gasteiger partial charge on any atom is 0.158 e. The molecule has 0 spiro atoms. The maximum absolute atomic E-state index is 9.29. The molecular formula is C12H22N4O2S. The van der Waals surface area contributed by atoms with E-state index in [1.807, 2.05) is 26.3 Å². The summed E-state index contributed by atoms with van der Waals surface area (Å²) in [5.41, 5.74) is 0. The fourth-order valence-corrected chi connectivity index (χ4v) is 2.28. The summed E-state index contributed by atoms with van der Waals surface area (Å²) < 4.78 is 5.05. The van der Waals surface area contributed by atoms with E-state index < -0.39 is 0 Å². The lowest BCUT2D eigenvalue weighted by atomic mass is 10.2. The topological polar surface area (TPSA) is 79.3 Å². The van der Waals surface area contributed by atoms with Crippen molar-refractivity contribution in [2.24, 2.45) is 0 Å². The highest BCUT2D eigenvalue weighted by molar-refractivity contribution is 7.99. The third-order valence-corrected chi connectivity index (χ3v) is 3.88. The largest absolute Gasteiger partial charge is 0.395 e. The molecule has 0 saturated carbocycles. The van der Waals surface area contributed by atoms with Gasteiger partial charge in [0.15, 0.2) is 5.82 Å². The Morgan fingerprint density at radius 3 is 2.63 bits per heavy atom. The van der Waals surface area contributed by atoms with Crippen LogP contribution in [0.1, 0.15) is 12.7 Å². The zero-order valence-corrected chi connectivity index (χ0v) is 12.6. The SMILES string of the molecule is CNc1cc(NC(C)C(CO)SC)nc(COC)n1. The lowest BCUT2D eigenvalue weighted by Gasteiger charge is -2.22. The summed E-state index contributed by atoms with van der Waals surface area (Å²) in [6.07, 6.45) is 1.98. The number of thioether (sulfide) groups is 1. The molecule has 19 heavy (non-hydrogen) atoms. The van der Waals surface area contributed by atoms with E-state index in [0.29, 0.717) is 12.4 Å². The van der Waals surface area contributed by atoms with Gasteiger partial charge in [-0.05, 0) is 13.2 Å². The average Bonchev–Trinajstić information content (AvgIpc) is 2.40. The molecule has 0 saturated heterocycles. The molecule has 0 aromatic carbocycles. The van der Waals surface area contributed by atoms with E-state index in [9.17, 15) is 5.11 Å². The molecule has 0 aliphatic heterocycles. The van der Waals surface area contributed by atoms with Crippen LogP contribution >= 0.6 is 11.8 Å². The Bertz CT molecular complexity index is 388. The van der Waals surface area contributed by atoms with Crippen molar-refractivity contribution < 1.29 is 9.84 Å². The first-order valence-corrected chi connectivity index (χ1v) is 7.38. The second-order valence-corrected chi connectivity index (χ2v) is 5.20. The summed E-state index contributed by atoms with van der Waals surface area (Å²) in [6.45, 7) is 2.52. The Labute approximate surface area is 118 Å². The van der Waals surface area contributed by atoms with Gasteiger partial charge in [0.2, 0.25) is 0 Å². The van der Waals surface area contributed by atoms with E-state index in [2.05, 4.69) is 20.6 Å². The molecular weight excluding hydrogens is 264 g/mol. The lowest BCUT2D eigenvalue weighted by molar-refractivity contribution is 0.178. The van der Waals surface area contributed by atoms with Gasteiger partial charge in [-0.15, -0.1) is 0 Å². The minimum Gasteiger partial charge on any atom is -0.395 e. The number of nitrogens with zero attached hydrogens (tertiary/aromatic N) is 2. The van der Waals surface area contributed by atoms with Crippen LogP contribution < -0.4 is 10.6 Å². The van der Waals surface area contributed by atoms with Crippen molar-refractivity contribution in [2.45, 2.75) is 24.8 Å². The van der Waals surface area contributed by atoms with Gasteiger partial charge in [-0.3, -0.25) is 0 Å². The molecule has 0 aliphatic carbocycles. The lowest BCUT2D eigenvalue weighted by Crippen LogP contribution is -2.31. The van der Waals surface area contributed by atoms with Crippen molar-refractivity contribution in [1.82, 2.24) is 9.97 Å². The normalized spacial score (nSPS) is 13.9. The average molecular weight is 286 g/mol. The molecule has 1 rings (SSSR count). The third-order valence-electron chi connectivity index (χ3n) is 2.72. The summed E-state index contributed by atoms with van der Waals surface area (Å²) in [5, 5.41) is 15.7. The van der Waals surface area contributed by atoms with Crippen molar-refractivity contribution in [1.29, 1.82) is 0 Å². The number of ether oxygens (including phenoxy) is 1. The smallest absolute Gasteiger partial charge is 0.158 e. The zero-order valence-electron chi connectivity index (χ0n) is 11.8. The summed E-state index contributed by atoms with van der Waals surface area (Å²) in [7, 11) is 3.42. The van der Waals surface area contributed by atoms with Gasteiger partial charge in [0.1, 0.15) is 18.2 Å². The van der Waals surface area contributed by atoms with Crippen molar-refractivity contribution in [3.05, 3.63) is 11.9 Å². The molecule has 0 amide bonds. The van der Waals surface area contributed by atoms with E-state index in [-0.39, 0.29) is 17.9 Å². The number of nitrogens with one attached hydrogen (secondary N) is 2. The molecule has 0 bridgehead atoms. The third kappa shape index (κ3) is 4.85. The molecule has 0 fully saturated rings. The van der Waals surface area contributed by atoms with Gasteiger partial charge in [0.05, 0.1) is 6.61 Å². The van der Waals surface area contributed by atoms with Gasteiger partial charge >= 0.3 is 0 Å². The van der Waals surface area contributed by atoms with Crippen molar-refractivity contribution >= 4 is 23.4 Å². The second kappa shape index (κ2) is 8.19. The van der Waals surface area contributed by atoms with Gasteiger partial charge in [0, 0.05) is 31.5 Å².